The summed E-state index contributed by atoms with van der Waals surface area (Å²) in [5, 5.41) is 0. The van der Waals surface area contributed by atoms with Crippen LogP contribution in [-0.4, -0.2) is 37.1 Å². The maximum Gasteiger partial charge on any atom is 0.265 e. The van der Waals surface area contributed by atoms with Crippen LogP contribution in [0.25, 0.3) is 0 Å². The number of rotatable bonds is 4. The standard InChI is InChI=1S/C13H19N3O2/c1-18-12-6-7-16(9-12)8-10-2-4-11(5-3-10)13(17)15-14/h2-5,12H,6-9,14H2,1H3,(H,15,17). The lowest BCUT2D eigenvalue weighted by Gasteiger charge is -2.15. The van der Waals surface area contributed by atoms with E-state index in [1.54, 1.807) is 19.2 Å². The molecule has 1 unspecified atom stereocenters. The molecule has 5 heteroatoms. The van der Waals surface area contributed by atoms with Crippen molar-refractivity contribution in [3.05, 3.63) is 35.4 Å². The van der Waals surface area contributed by atoms with Crippen molar-refractivity contribution in [1.82, 2.24) is 10.3 Å². The monoisotopic (exact) mass is 249 g/mol. The molecule has 1 heterocycles. The van der Waals surface area contributed by atoms with Crippen molar-refractivity contribution in [2.45, 2.75) is 19.1 Å². The molecule has 2 rings (SSSR count). The number of nitrogen functional groups attached to an aromatic ring is 1. The quantitative estimate of drug-likeness (QED) is 0.463. The predicted molar refractivity (Wildman–Crippen MR) is 68.8 cm³/mol. The van der Waals surface area contributed by atoms with Crippen LogP contribution in [-0.2, 0) is 11.3 Å². The van der Waals surface area contributed by atoms with Gasteiger partial charge >= 0.3 is 0 Å². The number of hydrazine groups is 1. The summed E-state index contributed by atoms with van der Waals surface area (Å²) < 4.78 is 5.34. The SMILES string of the molecule is COC1CCN(Cc2ccc(C(=O)NN)cc2)C1. The van der Waals surface area contributed by atoms with Crippen molar-refractivity contribution >= 4 is 5.91 Å². The highest BCUT2D eigenvalue weighted by molar-refractivity contribution is 5.93. The minimum atomic E-state index is -0.262. The van der Waals surface area contributed by atoms with Gasteiger partial charge in [-0.3, -0.25) is 15.1 Å². The van der Waals surface area contributed by atoms with Gasteiger partial charge in [0.25, 0.3) is 5.91 Å². The van der Waals surface area contributed by atoms with E-state index in [0.29, 0.717) is 11.7 Å². The van der Waals surface area contributed by atoms with Crippen LogP contribution in [0.4, 0.5) is 0 Å². The molecule has 1 amide bonds. The first kappa shape index (κ1) is 13.0. The van der Waals surface area contributed by atoms with Gasteiger partial charge in [0, 0.05) is 32.3 Å². The van der Waals surface area contributed by atoms with Gasteiger partial charge in [-0.1, -0.05) is 12.1 Å². The normalized spacial score (nSPS) is 20.0. The van der Waals surface area contributed by atoms with Gasteiger partial charge in [0.15, 0.2) is 0 Å². The van der Waals surface area contributed by atoms with Crippen molar-refractivity contribution < 1.29 is 9.53 Å². The number of hydrogen-bond acceptors (Lipinski definition) is 4. The molecule has 0 bridgehead atoms. The maximum absolute atomic E-state index is 11.3. The molecule has 1 saturated heterocycles. The van der Waals surface area contributed by atoms with Gasteiger partial charge in [0.05, 0.1) is 6.10 Å². The third kappa shape index (κ3) is 3.07. The van der Waals surface area contributed by atoms with Gasteiger partial charge in [-0.2, -0.15) is 0 Å². The van der Waals surface area contributed by atoms with E-state index in [4.69, 9.17) is 10.6 Å². The second kappa shape index (κ2) is 5.95. The molecule has 0 saturated carbocycles. The first-order valence-electron chi connectivity index (χ1n) is 6.08. The molecule has 0 aliphatic carbocycles. The van der Waals surface area contributed by atoms with Crippen molar-refractivity contribution in [2.75, 3.05) is 20.2 Å². The second-order valence-electron chi connectivity index (χ2n) is 4.55. The van der Waals surface area contributed by atoms with Crippen LogP contribution in [0, 0.1) is 0 Å². The highest BCUT2D eigenvalue weighted by atomic mass is 16.5. The Bertz CT molecular complexity index is 405. The van der Waals surface area contributed by atoms with E-state index < -0.39 is 0 Å². The lowest BCUT2D eigenvalue weighted by molar-refractivity contribution is 0.0953. The number of nitrogens with one attached hydrogen (secondary N) is 1. The summed E-state index contributed by atoms with van der Waals surface area (Å²) in [5.74, 6) is 4.82. The van der Waals surface area contributed by atoms with Crippen LogP contribution < -0.4 is 11.3 Å². The highest BCUT2D eigenvalue weighted by Gasteiger charge is 2.21. The third-order valence-electron chi connectivity index (χ3n) is 3.32. The second-order valence-corrected chi connectivity index (χ2v) is 4.55. The third-order valence-corrected chi connectivity index (χ3v) is 3.32. The average molecular weight is 249 g/mol. The minimum Gasteiger partial charge on any atom is -0.380 e. The van der Waals surface area contributed by atoms with E-state index >= 15 is 0 Å². The largest absolute Gasteiger partial charge is 0.380 e. The van der Waals surface area contributed by atoms with Gasteiger partial charge in [-0.25, -0.2) is 5.84 Å². The van der Waals surface area contributed by atoms with Gasteiger partial charge < -0.3 is 4.74 Å². The average Bonchev–Trinajstić information content (AvgIpc) is 2.86. The fourth-order valence-corrected chi connectivity index (χ4v) is 2.24. The zero-order valence-corrected chi connectivity index (χ0v) is 10.6. The van der Waals surface area contributed by atoms with Crippen LogP contribution in [0.1, 0.15) is 22.3 Å². The number of methoxy groups -OCH3 is 1. The van der Waals surface area contributed by atoms with E-state index in [1.165, 1.54) is 5.56 Å². The molecule has 1 aromatic carbocycles. The first-order chi connectivity index (χ1) is 8.72. The molecule has 0 radical (unpaired) electrons. The van der Waals surface area contributed by atoms with Crippen molar-refractivity contribution in [2.24, 2.45) is 5.84 Å². The smallest absolute Gasteiger partial charge is 0.265 e. The molecule has 0 aromatic heterocycles. The number of carbonyl (C=O) groups is 1. The van der Waals surface area contributed by atoms with Crippen molar-refractivity contribution in [1.29, 1.82) is 0 Å². The molecule has 98 valence electrons. The number of amides is 1. The summed E-state index contributed by atoms with van der Waals surface area (Å²) in [5.41, 5.74) is 3.90. The highest BCUT2D eigenvalue weighted by Crippen LogP contribution is 2.15. The van der Waals surface area contributed by atoms with Gasteiger partial charge in [-0.15, -0.1) is 0 Å². The van der Waals surface area contributed by atoms with E-state index in [9.17, 15) is 4.79 Å². The number of benzene rings is 1. The summed E-state index contributed by atoms with van der Waals surface area (Å²) in [6.07, 6.45) is 1.44. The Kier molecular flexibility index (Phi) is 4.30. The number of carbonyl (C=O) groups excluding carboxylic acids is 1. The summed E-state index contributed by atoms with van der Waals surface area (Å²) in [7, 11) is 1.76. The number of hydrogen-bond donors (Lipinski definition) is 2. The van der Waals surface area contributed by atoms with Gasteiger partial charge in [0.1, 0.15) is 0 Å². The van der Waals surface area contributed by atoms with Gasteiger partial charge in [0.2, 0.25) is 0 Å². The number of ether oxygens (including phenoxy) is 1. The molecule has 18 heavy (non-hydrogen) atoms. The fraction of sp³-hybridized carbons (Fsp3) is 0.462. The van der Waals surface area contributed by atoms with E-state index in [1.807, 2.05) is 12.1 Å². The molecule has 3 N–H and O–H groups in total. The summed E-state index contributed by atoms with van der Waals surface area (Å²) in [4.78, 5) is 13.6. The molecule has 1 aromatic rings. The first-order valence-corrected chi connectivity index (χ1v) is 6.08. The lowest BCUT2D eigenvalue weighted by atomic mass is 10.1. The summed E-state index contributed by atoms with van der Waals surface area (Å²) in [6, 6.07) is 7.51. The van der Waals surface area contributed by atoms with Crippen LogP contribution in [0.15, 0.2) is 24.3 Å². The Morgan fingerprint density at radius 2 is 2.22 bits per heavy atom. The van der Waals surface area contributed by atoms with E-state index in [-0.39, 0.29) is 5.91 Å². The zero-order chi connectivity index (χ0) is 13.0. The van der Waals surface area contributed by atoms with E-state index in [2.05, 4.69) is 10.3 Å². The summed E-state index contributed by atoms with van der Waals surface area (Å²) in [6.45, 7) is 2.93. The predicted octanol–water partition coefficient (Wildman–Crippen LogP) is 0.511. The number of nitrogens with two attached hydrogens (primary N) is 1. The van der Waals surface area contributed by atoms with Crippen molar-refractivity contribution in [3.63, 3.8) is 0 Å². The van der Waals surface area contributed by atoms with Crippen LogP contribution in [0.5, 0.6) is 0 Å². The lowest BCUT2D eigenvalue weighted by Crippen LogP contribution is -2.30. The Balaban J connectivity index is 1.92. The maximum atomic E-state index is 11.3. The molecular weight excluding hydrogens is 230 g/mol. The molecule has 1 atom stereocenters. The zero-order valence-electron chi connectivity index (χ0n) is 10.6. The van der Waals surface area contributed by atoms with Gasteiger partial charge in [-0.05, 0) is 24.1 Å². The van der Waals surface area contributed by atoms with Crippen LogP contribution in [0.2, 0.25) is 0 Å². The minimum absolute atomic E-state index is 0.262. The number of nitrogens with zero attached hydrogens (tertiary/aromatic N) is 1. The fourth-order valence-electron chi connectivity index (χ4n) is 2.24. The Hall–Kier alpha value is -1.43. The topological polar surface area (TPSA) is 67.6 Å². The molecule has 0 spiro atoms. The Morgan fingerprint density at radius 3 is 2.78 bits per heavy atom. The van der Waals surface area contributed by atoms with Crippen molar-refractivity contribution in [3.8, 4) is 0 Å². The molecule has 1 aliphatic heterocycles. The number of likely N-dealkylation sites (tertiary alicyclic amines) is 1. The molecule has 1 aliphatic rings. The molecule has 1 fully saturated rings. The Morgan fingerprint density at radius 1 is 1.50 bits per heavy atom. The van der Waals surface area contributed by atoms with Crippen LogP contribution >= 0.6 is 0 Å². The molecular formula is C13H19N3O2. The van der Waals surface area contributed by atoms with Crippen LogP contribution in [0.3, 0.4) is 0 Å². The Labute approximate surface area is 107 Å². The van der Waals surface area contributed by atoms with E-state index in [0.717, 1.165) is 26.1 Å². The molecule has 5 nitrogen and oxygen atoms in total. The summed E-state index contributed by atoms with van der Waals surface area (Å²) >= 11 is 0.